The fourth-order valence-corrected chi connectivity index (χ4v) is 2.18. The fourth-order valence-electron chi connectivity index (χ4n) is 2.18. The van der Waals surface area contributed by atoms with Crippen molar-refractivity contribution in [1.82, 2.24) is 15.5 Å². The van der Waals surface area contributed by atoms with Crippen molar-refractivity contribution in [1.29, 1.82) is 0 Å². The van der Waals surface area contributed by atoms with Crippen molar-refractivity contribution >= 4 is 29.9 Å². The molecule has 2 N–H and O–H groups in total. The molecule has 0 aliphatic rings. The van der Waals surface area contributed by atoms with Crippen molar-refractivity contribution in [3.05, 3.63) is 35.4 Å². The molecule has 23 heavy (non-hydrogen) atoms. The number of hydrogen-bond acceptors (Lipinski definition) is 2. The van der Waals surface area contributed by atoms with E-state index in [9.17, 15) is 8.78 Å². The van der Waals surface area contributed by atoms with Gasteiger partial charge in [0.25, 0.3) is 0 Å². The predicted octanol–water partition coefficient (Wildman–Crippen LogP) is 2.98. The first-order valence-electron chi connectivity index (χ1n) is 7.60. The van der Waals surface area contributed by atoms with Crippen molar-refractivity contribution in [2.75, 3.05) is 26.7 Å². The second kappa shape index (κ2) is 11.6. The second-order valence-electron chi connectivity index (χ2n) is 5.31. The summed E-state index contributed by atoms with van der Waals surface area (Å²) in [6.07, 6.45) is 0. The van der Waals surface area contributed by atoms with Crippen molar-refractivity contribution in [3.63, 3.8) is 0 Å². The topological polar surface area (TPSA) is 39.7 Å². The summed E-state index contributed by atoms with van der Waals surface area (Å²) in [6.45, 7) is 9.23. The van der Waals surface area contributed by atoms with Crippen LogP contribution in [0.2, 0.25) is 0 Å². The van der Waals surface area contributed by atoms with Crippen LogP contribution < -0.4 is 10.6 Å². The van der Waals surface area contributed by atoms with Gasteiger partial charge in [0.1, 0.15) is 11.6 Å². The molecule has 7 heteroatoms. The minimum atomic E-state index is -0.448. The zero-order valence-corrected chi connectivity index (χ0v) is 16.5. The molecule has 0 bridgehead atoms. The summed E-state index contributed by atoms with van der Waals surface area (Å²) in [5.41, 5.74) is 0.278. The van der Waals surface area contributed by atoms with Crippen LogP contribution in [0.25, 0.3) is 0 Å². The maximum atomic E-state index is 13.5. The molecule has 0 aliphatic heterocycles. The Morgan fingerprint density at radius 1 is 1.26 bits per heavy atom. The summed E-state index contributed by atoms with van der Waals surface area (Å²) in [7, 11) is 1.65. The van der Waals surface area contributed by atoms with Gasteiger partial charge in [-0.1, -0.05) is 6.92 Å². The summed E-state index contributed by atoms with van der Waals surface area (Å²) in [5, 5.41) is 6.16. The van der Waals surface area contributed by atoms with Crippen LogP contribution in [0.15, 0.2) is 23.2 Å². The van der Waals surface area contributed by atoms with E-state index < -0.39 is 11.6 Å². The van der Waals surface area contributed by atoms with Gasteiger partial charge in [0.15, 0.2) is 5.96 Å². The number of hydrogen-bond donors (Lipinski definition) is 2. The lowest BCUT2D eigenvalue weighted by molar-refractivity contribution is 0.237. The van der Waals surface area contributed by atoms with E-state index in [1.165, 1.54) is 6.07 Å². The van der Waals surface area contributed by atoms with Crippen LogP contribution in [-0.4, -0.2) is 43.6 Å². The molecule has 0 heterocycles. The lowest BCUT2D eigenvalue weighted by Gasteiger charge is -2.25. The molecule has 0 amide bonds. The maximum Gasteiger partial charge on any atom is 0.191 e. The minimum Gasteiger partial charge on any atom is -0.355 e. The number of nitrogens with zero attached hydrogens (tertiary/aromatic N) is 2. The van der Waals surface area contributed by atoms with Crippen LogP contribution in [0, 0.1) is 11.6 Å². The van der Waals surface area contributed by atoms with E-state index in [1.807, 2.05) is 0 Å². The summed E-state index contributed by atoms with van der Waals surface area (Å²) < 4.78 is 26.7. The van der Waals surface area contributed by atoms with Gasteiger partial charge >= 0.3 is 0 Å². The molecule has 1 aromatic rings. The van der Waals surface area contributed by atoms with Gasteiger partial charge < -0.3 is 10.6 Å². The summed E-state index contributed by atoms with van der Waals surface area (Å²) in [5.74, 6) is -0.304. The van der Waals surface area contributed by atoms with Crippen LogP contribution in [-0.2, 0) is 6.54 Å². The van der Waals surface area contributed by atoms with Gasteiger partial charge in [-0.05, 0) is 38.6 Å². The number of aliphatic imine (C=N–C) groups is 1. The molecule has 0 radical (unpaired) electrons. The SMILES string of the molecule is CCN(CCNC(=NC)NCc1cc(F)ccc1F)C(C)C.I. The highest BCUT2D eigenvalue weighted by Gasteiger charge is 2.08. The highest BCUT2D eigenvalue weighted by molar-refractivity contribution is 14.0. The number of likely N-dealkylation sites (N-methyl/N-ethyl adjacent to an activating group) is 1. The molecule has 0 aromatic heterocycles. The van der Waals surface area contributed by atoms with Crippen LogP contribution in [0.1, 0.15) is 26.3 Å². The third kappa shape index (κ3) is 7.92. The van der Waals surface area contributed by atoms with Crippen LogP contribution in [0.4, 0.5) is 8.78 Å². The number of rotatable bonds is 7. The molecule has 1 rings (SSSR count). The number of guanidine groups is 1. The van der Waals surface area contributed by atoms with E-state index in [-0.39, 0.29) is 36.1 Å². The van der Waals surface area contributed by atoms with E-state index >= 15 is 0 Å². The lowest BCUT2D eigenvalue weighted by atomic mass is 10.2. The molecule has 4 nitrogen and oxygen atoms in total. The fraction of sp³-hybridized carbons (Fsp3) is 0.562. The lowest BCUT2D eigenvalue weighted by Crippen LogP contribution is -2.42. The van der Waals surface area contributed by atoms with Crippen molar-refractivity contribution < 1.29 is 8.78 Å². The van der Waals surface area contributed by atoms with Crippen molar-refractivity contribution in [3.8, 4) is 0 Å². The largest absolute Gasteiger partial charge is 0.355 e. The molecule has 132 valence electrons. The number of halogens is 3. The maximum absolute atomic E-state index is 13.5. The van der Waals surface area contributed by atoms with Gasteiger partial charge in [-0.2, -0.15) is 0 Å². The zero-order chi connectivity index (χ0) is 16.5. The summed E-state index contributed by atoms with van der Waals surface area (Å²) >= 11 is 0. The number of nitrogens with one attached hydrogen (secondary N) is 2. The summed E-state index contributed by atoms with van der Waals surface area (Å²) in [4.78, 5) is 6.41. The van der Waals surface area contributed by atoms with Gasteiger partial charge in [0.2, 0.25) is 0 Å². The number of benzene rings is 1. The predicted molar refractivity (Wildman–Crippen MR) is 102 cm³/mol. The Hall–Kier alpha value is -0.960. The Kier molecular flexibility index (Phi) is 11.1. The van der Waals surface area contributed by atoms with E-state index in [0.29, 0.717) is 12.0 Å². The van der Waals surface area contributed by atoms with E-state index in [4.69, 9.17) is 0 Å². The van der Waals surface area contributed by atoms with Gasteiger partial charge in [-0.3, -0.25) is 9.89 Å². The zero-order valence-electron chi connectivity index (χ0n) is 14.2. The monoisotopic (exact) mass is 440 g/mol. The highest BCUT2D eigenvalue weighted by Crippen LogP contribution is 2.09. The second-order valence-corrected chi connectivity index (χ2v) is 5.31. The molecule has 0 fully saturated rings. The molecule has 0 saturated carbocycles. The first-order valence-corrected chi connectivity index (χ1v) is 7.60. The Balaban J connectivity index is 0.00000484. The van der Waals surface area contributed by atoms with Crippen LogP contribution in [0.5, 0.6) is 0 Å². The van der Waals surface area contributed by atoms with E-state index in [1.54, 1.807) is 7.05 Å². The molecule has 0 saturated heterocycles. The first kappa shape index (κ1) is 22.0. The normalized spacial score (nSPS) is 11.6. The Bertz CT molecular complexity index is 495. The van der Waals surface area contributed by atoms with Gasteiger partial charge in [-0.15, -0.1) is 24.0 Å². The Morgan fingerprint density at radius 2 is 1.96 bits per heavy atom. The van der Waals surface area contributed by atoms with Crippen molar-refractivity contribution in [2.24, 2.45) is 4.99 Å². The molecule has 0 aliphatic carbocycles. The average Bonchev–Trinajstić information content (AvgIpc) is 2.49. The highest BCUT2D eigenvalue weighted by atomic mass is 127. The molecule has 1 aromatic carbocycles. The molecule has 0 atom stereocenters. The first-order chi connectivity index (χ1) is 10.5. The minimum absolute atomic E-state index is 0. The molecule has 0 unspecified atom stereocenters. The van der Waals surface area contributed by atoms with Crippen molar-refractivity contribution in [2.45, 2.75) is 33.4 Å². The average molecular weight is 440 g/mol. The standard InChI is InChI=1S/C16H26F2N4.HI/c1-5-22(12(2)3)9-8-20-16(19-4)21-11-13-10-14(17)6-7-15(13)18;/h6-7,10,12H,5,8-9,11H2,1-4H3,(H2,19,20,21);1H. The smallest absolute Gasteiger partial charge is 0.191 e. The van der Waals surface area contributed by atoms with Crippen LogP contribution >= 0.6 is 24.0 Å². The Labute approximate surface area is 154 Å². The molecule has 0 spiro atoms. The quantitative estimate of drug-likeness (QED) is 0.389. The molecular weight excluding hydrogens is 413 g/mol. The van der Waals surface area contributed by atoms with Gasteiger partial charge in [-0.25, -0.2) is 8.78 Å². The van der Waals surface area contributed by atoms with Gasteiger partial charge in [0.05, 0.1) is 0 Å². The molecular formula is C16H27F2IN4. The van der Waals surface area contributed by atoms with Crippen LogP contribution in [0.3, 0.4) is 0 Å². The summed E-state index contributed by atoms with van der Waals surface area (Å²) in [6, 6.07) is 3.91. The van der Waals surface area contributed by atoms with E-state index in [2.05, 4.69) is 41.3 Å². The third-order valence-corrected chi connectivity index (χ3v) is 3.51. The van der Waals surface area contributed by atoms with Gasteiger partial charge in [0, 0.05) is 38.3 Å². The van der Waals surface area contributed by atoms with E-state index in [0.717, 1.165) is 31.8 Å². The third-order valence-electron chi connectivity index (χ3n) is 3.51. The Morgan fingerprint density at radius 3 is 2.52 bits per heavy atom.